The van der Waals surface area contributed by atoms with Crippen molar-refractivity contribution in [1.82, 2.24) is 4.57 Å². The van der Waals surface area contributed by atoms with Crippen LogP contribution in [-0.4, -0.2) is 11.5 Å². The molecule has 0 spiro atoms. The van der Waals surface area contributed by atoms with E-state index < -0.39 is 13.4 Å². The van der Waals surface area contributed by atoms with E-state index in [9.17, 15) is 12.9 Å². The summed E-state index contributed by atoms with van der Waals surface area (Å²) < 4.78 is 38.1. The number of rotatable bonds is 2. The number of halogens is 5. The molecule has 0 aliphatic rings. The normalized spacial score (nSPS) is 11.6. The number of benzene rings is 1. The Morgan fingerprint density at radius 3 is 2.41 bits per heavy atom. The molecule has 1 nitrogen and oxygen atoms in total. The minimum absolute atomic E-state index is 0. The van der Waals surface area contributed by atoms with Crippen molar-refractivity contribution in [1.29, 1.82) is 0 Å². The second kappa shape index (κ2) is 5.86. The molecule has 0 bridgehead atoms. The molecule has 0 saturated carbocycles. The minimum atomic E-state index is -4.88. The first-order chi connectivity index (χ1) is 7.37. The van der Waals surface area contributed by atoms with Gasteiger partial charge in [-0.15, -0.1) is 0 Å². The number of aromatic nitrogens is 1. The van der Waals surface area contributed by atoms with Gasteiger partial charge in [0.1, 0.15) is 0 Å². The van der Waals surface area contributed by atoms with Crippen molar-refractivity contribution >= 4 is 41.1 Å². The molecule has 0 fully saturated rings. The zero-order valence-electron chi connectivity index (χ0n) is 8.93. The Balaban J connectivity index is 0.00000144. The van der Waals surface area contributed by atoms with E-state index in [1.54, 1.807) is 6.07 Å². The van der Waals surface area contributed by atoms with E-state index in [1.807, 2.05) is 0 Å². The van der Waals surface area contributed by atoms with E-state index in [0.29, 0.717) is 20.9 Å². The van der Waals surface area contributed by atoms with E-state index in [2.05, 4.69) is 0 Å². The molecule has 1 heterocycles. The standard InChI is InChI=1S/C9H6BCl2F3N.K/c11-6-3-8(12)7-1-2-16(9(7)4-6)5-10(13,14)15;/h1-4H,5H2;/q-1;+1. The average Bonchev–Trinajstić information content (AvgIpc) is 2.46. The molecule has 2 rings (SSSR count). The first-order valence-corrected chi connectivity index (χ1v) is 5.27. The van der Waals surface area contributed by atoms with E-state index in [4.69, 9.17) is 23.2 Å². The van der Waals surface area contributed by atoms with Gasteiger partial charge >= 0.3 is 58.4 Å². The Hall–Kier alpha value is 0.831. The van der Waals surface area contributed by atoms with E-state index in [0.717, 1.165) is 4.57 Å². The molecular formula is C9H6BCl2F3KN. The van der Waals surface area contributed by atoms with Gasteiger partial charge in [0.2, 0.25) is 0 Å². The summed E-state index contributed by atoms with van der Waals surface area (Å²) in [5, 5.41) is 1.26. The summed E-state index contributed by atoms with van der Waals surface area (Å²) in [5.41, 5.74) is 0.400. The van der Waals surface area contributed by atoms with Crippen molar-refractivity contribution in [3.8, 4) is 0 Å². The van der Waals surface area contributed by atoms with Crippen LogP contribution < -0.4 is 51.4 Å². The van der Waals surface area contributed by atoms with Crippen molar-refractivity contribution in [2.75, 3.05) is 0 Å². The first kappa shape index (κ1) is 15.9. The largest absolute Gasteiger partial charge is 1.00 e. The van der Waals surface area contributed by atoms with E-state index in [1.165, 1.54) is 18.3 Å². The molecule has 0 saturated heterocycles. The Bertz CT molecular complexity index is 541. The van der Waals surface area contributed by atoms with Crippen LogP contribution in [0.5, 0.6) is 0 Å². The quantitative estimate of drug-likeness (QED) is 0.738. The monoisotopic (exact) mass is 305 g/mol. The molecule has 1 aromatic heterocycles. The molecule has 0 unspecified atom stereocenters. The fraction of sp³-hybridized carbons (Fsp3) is 0.111. The molecule has 0 N–H and O–H groups in total. The summed E-state index contributed by atoms with van der Waals surface area (Å²) in [4.78, 5) is 0. The minimum Gasteiger partial charge on any atom is -0.448 e. The third-order valence-electron chi connectivity index (χ3n) is 2.21. The molecule has 0 atom stereocenters. The van der Waals surface area contributed by atoms with Crippen LogP contribution in [0.3, 0.4) is 0 Å². The Kier molecular flexibility index (Phi) is 5.48. The van der Waals surface area contributed by atoms with Gasteiger partial charge in [0, 0.05) is 22.1 Å². The number of nitrogens with zero attached hydrogens (tertiary/aromatic N) is 1. The number of hydrogen-bond donors (Lipinski definition) is 0. The second-order valence-electron chi connectivity index (χ2n) is 3.50. The summed E-state index contributed by atoms with van der Waals surface area (Å²) in [6.45, 7) is -4.88. The summed E-state index contributed by atoms with van der Waals surface area (Å²) in [7, 11) is 0. The summed E-state index contributed by atoms with van der Waals surface area (Å²) >= 11 is 11.6. The molecule has 86 valence electrons. The molecule has 2 aromatic rings. The number of hydrogen-bond acceptors (Lipinski definition) is 0. The zero-order chi connectivity index (χ0) is 11.9. The zero-order valence-corrected chi connectivity index (χ0v) is 13.6. The van der Waals surface area contributed by atoms with E-state index >= 15 is 0 Å². The van der Waals surface area contributed by atoms with Crippen molar-refractivity contribution < 1.29 is 64.3 Å². The van der Waals surface area contributed by atoms with Gasteiger partial charge in [0.15, 0.2) is 0 Å². The van der Waals surface area contributed by atoms with Crippen LogP contribution in [0.1, 0.15) is 0 Å². The fourth-order valence-electron chi connectivity index (χ4n) is 1.60. The molecule has 0 aliphatic carbocycles. The summed E-state index contributed by atoms with van der Waals surface area (Å²) in [5.74, 6) is 0. The maximum Gasteiger partial charge on any atom is 1.00 e. The summed E-state index contributed by atoms with van der Waals surface area (Å²) in [6, 6.07) is 4.54. The van der Waals surface area contributed by atoms with Crippen LogP contribution in [0.25, 0.3) is 10.9 Å². The van der Waals surface area contributed by atoms with Gasteiger partial charge in [-0.3, -0.25) is 0 Å². The maximum atomic E-state index is 12.3. The Morgan fingerprint density at radius 2 is 1.82 bits per heavy atom. The van der Waals surface area contributed by atoms with Crippen molar-refractivity contribution in [2.45, 2.75) is 6.44 Å². The van der Waals surface area contributed by atoms with Gasteiger partial charge in [-0.05, 0) is 24.6 Å². The predicted molar refractivity (Wildman–Crippen MR) is 61.0 cm³/mol. The van der Waals surface area contributed by atoms with Crippen LogP contribution in [-0.2, 0) is 6.44 Å². The average molecular weight is 306 g/mol. The molecule has 17 heavy (non-hydrogen) atoms. The van der Waals surface area contributed by atoms with Gasteiger partial charge in [-0.2, -0.15) is 0 Å². The number of fused-ring (bicyclic) bond motifs is 1. The van der Waals surface area contributed by atoms with Gasteiger partial charge in [0.05, 0.1) is 5.02 Å². The Morgan fingerprint density at radius 1 is 1.18 bits per heavy atom. The van der Waals surface area contributed by atoms with Crippen molar-refractivity contribution in [3.05, 3.63) is 34.4 Å². The topological polar surface area (TPSA) is 4.93 Å². The Labute approximate surface area is 149 Å². The van der Waals surface area contributed by atoms with Gasteiger partial charge in [-0.1, -0.05) is 23.2 Å². The first-order valence-electron chi connectivity index (χ1n) is 4.52. The van der Waals surface area contributed by atoms with E-state index in [-0.39, 0.29) is 51.4 Å². The van der Waals surface area contributed by atoms with Gasteiger partial charge in [-0.25, -0.2) is 0 Å². The predicted octanol–water partition coefficient (Wildman–Crippen LogP) is 1.34. The van der Waals surface area contributed by atoms with Crippen LogP contribution in [0.2, 0.25) is 10.0 Å². The van der Waals surface area contributed by atoms with Crippen LogP contribution in [0.4, 0.5) is 12.9 Å². The van der Waals surface area contributed by atoms with Crippen LogP contribution in [0.15, 0.2) is 24.4 Å². The molecule has 0 radical (unpaired) electrons. The molecule has 0 aliphatic heterocycles. The fourth-order valence-corrected chi connectivity index (χ4v) is 2.15. The maximum absolute atomic E-state index is 12.3. The second-order valence-corrected chi connectivity index (χ2v) is 4.34. The van der Waals surface area contributed by atoms with Crippen LogP contribution >= 0.6 is 23.2 Å². The summed E-state index contributed by atoms with van der Waals surface area (Å²) in [6.07, 6.45) is 0.377. The molecular weight excluding hydrogens is 300 g/mol. The third kappa shape index (κ3) is 3.89. The smallest absolute Gasteiger partial charge is 0.448 e. The molecule has 1 aromatic carbocycles. The van der Waals surface area contributed by atoms with Crippen molar-refractivity contribution in [3.63, 3.8) is 0 Å². The van der Waals surface area contributed by atoms with Crippen LogP contribution in [0, 0.1) is 0 Å². The van der Waals surface area contributed by atoms with Gasteiger partial charge < -0.3 is 17.5 Å². The molecule has 8 heteroatoms. The SMILES string of the molecule is F[B-](F)(F)Cn1ccc2c(Cl)cc(Cl)cc21.[K+]. The third-order valence-corrected chi connectivity index (χ3v) is 2.74. The van der Waals surface area contributed by atoms with Crippen molar-refractivity contribution in [2.24, 2.45) is 0 Å². The molecule has 0 amide bonds. The van der Waals surface area contributed by atoms with Gasteiger partial charge in [0.25, 0.3) is 0 Å².